The van der Waals surface area contributed by atoms with Gasteiger partial charge in [-0.3, -0.25) is 9.52 Å². The first-order valence-electron chi connectivity index (χ1n) is 8.00. The summed E-state index contributed by atoms with van der Waals surface area (Å²) >= 11 is 0. The minimum Gasteiger partial charge on any atom is -0.348 e. The number of carbonyl (C=O) groups excluding carboxylic acids is 1. The van der Waals surface area contributed by atoms with Gasteiger partial charge in [-0.1, -0.05) is 45.0 Å². The van der Waals surface area contributed by atoms with Gasteiger partial charge in [-0.2, -0.15) is 0 Å². The highest BCUT2D eigenvalue weighted by Crippen LogP contribution is 2.22. The number of nitrogens with one attached hydrogen (secondary N) is 2. The lowest BCUT2D eigenvalue weighted by atomic mass is 9.87. The van der Waals surface area contributed by atoms with E-state index in [0.717, 1.165) is 11.8 Å². The third-order valence-electron chi connectivity index (χ3n) is 3.72. The number of benzene rings is 2. The molecule has 0 bridgehead atoms. The number of anilines is 1. The van der Waals surface area contributed by atoms with Gasteiger partial charge < -0.3 is 5.32 Å². The van der Waals surface area contributed by atoms with Gasteiger partial charge in [0.1, 0.15) is 0 Å². The van der Waals surface area contributed by atoms with Crippen molar-refractivity contribution < 1.29 is 13.2 Å². The van der Waals surface area contributed by atoms with E-state index in [1.807, 2.05) is 24.3 Å². The molecule has 0 spiro atoms. The Morgan fingerprint density at radius 3 is 2.00 bits per heavy atom. The van der Waals surface area contributed by atoms with Crippen LogP contribution in [-0.4, -0.2) is 20.6 Å². The van der Waals surface area contributed by atoms with Crippen molar-refractivity contribution in [1.82, 2.24) is 5.32 Å². The van der Waals surface area contributed by atoms with Crippen molar-refractivity contribution in [2.75, 3.05) is 11.0 Å². The normalized spacial score (nSPS) is 11.8. The SMILES string of the molecule is CC(C)(C)c1ccc(C(=O)NCc2ccc(NS(C)(=O)=O)cc2)cc1. The highest BCUT2D eigenvalue weighted by Gasteiger charge is 2.14. The second-order valence-corrected chi connectivity index (χ2v) is 8.83. The minimum absolute atomic E-state index is 0.0523. The van der Waals surface area contributed by atoms with Gasteiger partial charge in [-0.05, 0) is 40.8 Å². The van der Waals surface area contributed by atoms with E-state index in [9.17, 15) is 13.2 Å². The molecule has 134 valence electrons. The lowest BCUT2D eigenvalue weighted by Gasteiger charge is -2.19. The topological polar surface area (TPSA) is 75.3 Å². The summed E-state index contributed by atoms with van der Waals surface area (Å²) in [6.07, 6.45) is 1.10. The summed E-state index contributed by atoms with van der Waals surface area (Å²) in [5.74, 6) is -0.140. The molecule has 0 atom stereocenters. The summed E-state index contributed by atoms with van der Waals surface area (Å²) in [6, 6.07) is 14.5. The van der Waals surface area contributed by atoms with Gasteiger partial charge in [0.15, 0.2) is 0 Å². The molecule has 25 heavy (non-hydrogen) atoms. The van der Waals surface area contributed by atoms with E-state index in [1.54, 1.807) is 24.3 Å². The zero-order chi connectivity index (χ0) is 18.7. The van der Waals surface area contributed by atoms with E-state index in [1.165, 1.54) is 5.56 Å². The zero-order valence-electron chi connectivity index (χ0n) is 15.0. The molecule has 0 aliphatic carbocycles. The largest absolute Gasteiger partial charge is 0.348 e. The van der Waals surface area contributed by atoms with Gasteiger partial charge in [0.2, 0.25) is 10.0 Å². The number of amides is 1. The fourth-order valence-corrected chi connectivity index (χ4v) is 2.87. The summed E-state index contributed by atoms with van der Waals surface area (Å²) in [5.41, 5.74) is 3.23. The van der Waals surface area contributed by atoms with Crippen molar-refractivity contribution in [3.63, 3.8) is 0 Å². The Morgan fingerprint density at radius 1 is 0.960 bits per heavy atom. The first-order chi connectivity index (χ1) is 11.5. The molecule has 0 heterocycles. The van der Waals surface area contributed by atoms with Crippen LogP contribution in [0.3, 0.4) is 0 Å². The Morgan fingerprint density at radius 2 is 1.52 bits per heavy atom. The van der Waals surface area contributed by atoms with Crippen LogP contribution in [0.1, 0.15) is 42.3 Å². The second kappa shape index (κ2) is 7.27. The maximum Gasteiger partial charge on any atom is 0.251 e. The third-order valence-corrected chi connectivity index (χ3v) is 4.33. The molecule has 5 nitrogen and oxygen atoms in total. The minimum atomic E-state index is -3.29. The van der Waals surface area contributed by atoms with Crippen LogP contribution in [0.25, 0.3) is 0 Å². The van der Waals surface area contributed by atoms with E-state index in [0.29, 0.717) is 17.8 Å². The third kappa shape index (κ3) is 5.90. The van der Waals surface area contributed by atoms with Crippen molar-refractivity contribution in [3.05, 3.63) is 65.2 Å². The predicted molar refractivity (Wildman–Crippen MR) is 101 cm³/mol. The maximum absolute atomic E-state index is 12.2. The van der Waals surface area contributed by atoms with Crippen LogP contribution in [0, 0.1) is 0 Å². The van der Waals surface area contributed by atoms with Crippen LogP contribution in [0.4, 0.5) is 5.69 Å². The van der Waals surface area contributed by atoms with Gasteiger partial charge >= 0.3 is 0 Å². The van der Waals surface area contributed by atoms with E-state index >= 15 is 0 Å². The Hall–Kier alpha value is -2.34. The predicted octanol–water partition coefficient (Wildman–Crippen LogP) is 3.29. The molecule has 0 aliphatic heterocycles. The average Bonchev–Trinajstić information content (AvgIpc) is 2.52. The molecular formula is C19H24N2O3S. The molecule has 2 aromatic carbocycles. The molecule has 0 saturated heterocycles. The van der Waals surface area contributed by atoms with Crippen molar-refractivity contribution in [1.29, 1.82) is 0 Å². The van der Waals surface area contributed by atoms with Gasteiger partial charge in [0, 0.05) is 17.8 Å². The number of sulfonamides is 1. The van der Waals surface area contributed by atoms with Crippen LogP contribution >= 0.6 is 0 Å². The molecular weight excluding hydrogens is 336 g/mol. The Labute approximate surface area is 149 Å². The Kier molecular flexibility index (Phi) is 5.52. The van der Waals surface area contributed by atoms with Crippen LogP contribution in [-0.2, 0) is 22.0 Å². The number of hydrogen-bond acceptors (Lipinski definition) is 3. The Bertz CT molecular complexity index is 834. The van der Waals surface area contributed by atoms with Crippen molar-refractivity contribution in [3.8, 4) is 0 Å². The fourth-order valence-electron chi connectivity index (χ4n) is 2.31. The molecule has 0 saturated carbocycles. The van der Waals surface area contributed by atoms with Crippen LogP contribution < -0.4 is 10.0 Å². The first kappa shape index (κ1) is 19.0. The second-order valence-electron chi connectivity index (χ2n) is 7.08. The summed E-state index contributed by atoms with van der Waals surface area (Å²) in [7, 11) is -3.29. The lowest BCUT2D eigenvalue weighted by Crippen LogP contribution is -2.23. The smallest absolute Gasteiger partial charge is 0.251 e. The fraction of sp³-hybridized carbons (Fsp3) is 0.316. The lowest BCUT2D eigenvalue weighted by molar-refractivity contribution is 0.0951. The molecule has 1 amide bonds. The van der Waals surface area contributed by atoms with Gasteiger partial charge in [0.25, 0.3) is 5.91 Å². The van der Waals surface area contributed by atoms with Crippen LogP contribution in [0.15, 0.2) is 48.5 Å². The number of rotatable bonds is 5. The van der Waals surface area contributed by atoms with Gasteiger partial charge in [-0.25, -0.2) is 8.42 Å². The molecule has 0 aliphatic rings. The Balaban J connectivity index is 1.95. The first-order valence-corrected chi connectivity index (χ1v) is 9.89. The zero-order valence-corrected chi connectivity index (χ0v) is 15.8. The molecule has 0 aromatic heterocycles. The summed E-state index contributed by atoms with van der Waals surface area (Å²) in [4.78, 5) is 12.2. The molecule has 0 fully saturated rings. The highest BCUT2D eigenvalue weighted by molar-refractivity contribution is 7.92. The van der Waals surface area contributed by atoms with Crippen molar-refractivity contribution in [2.24, 2.45) is 0 Å². The van der Waals surface area contributed by atoms with Crippen LogP contribution in [0.2, 0.25) is 0 Å². The molecule has 2 N–H and O–H groups in total. The molecule has 0 radical (unpaired) electrons. The van der Waals surface area contributed by atoms with E-state index in [2.05, 4.69) is 30.8 Å². The highest BCUT2D eigenvalue weighted by atomic mass is 32.2. The number of carbonyl (C=O) groups is 1. The molecule has 2 aromatic rings. The molecule has 0 unspecified atom stereocenters. The summed E-state index contributed by atoms with van der Waals surface area (Å²) in [6.45, 7) is 6.76. The maximum atomic E-state index is 12.2. The van der Waals surface area contributed by atoms with E-state index in [-0.39, 0.29) is 11.3 Å². The van der Waals surface area contributed by atoms with Crippen molar-refractivity contribution >= 4 is 21.6 Å². The quantitative estimate of drug-likeness (QED) is 0.859. The average molecular weight is 360 g/mol. The van der Waals surface area contributed by atoms with E-state index in [4.69, 9.17) is 0 Å². The summed E-state index contributed by atoms with van der Waals surface area (Å²) < 4.78 is 24.8. The van der Waals surface area contributed by atoms with Crippen LogP contribution in [0.5, 0.6) is 0 Å². The monoisotopic (exact) mass is 360 g/mol. The summed E-state index contributed by atoms with van der Waals surface area (Å²) in [5, 5.41) is 2.86. The van der Waals surface area contributed by atoms with E-state index < -0.39 is 10.0 Å². The van der Waals surface area contributed by atoms with Gasteiger partial charge in [-0.15, -0.1) is 0 Å². The van der Waals surface area contributed by atoms with Gasteiger partial charge in [0.05, 0.1) is 6.26 Å². The van der Waals surface area contributed by atoms with Crippen molar-refractivity contribution in [2.45, 2.75) is 32.7 Å². The number of hydrogen-bond donors (Lipinski definition) is 2. The molecule has 2 rings (SSSR count). The standard InChI is InChI=1S/C19H24N2O3S/c1-19(2,3)16-9-7-15(8-10-16)18(22)20-13-14-5-11-17(12-6-14)21-25(4,23)24/h5-12,21H,13H2,1-4H3,(H,20,22). The molecule has 6 heteroatoms.